The van der Waals surface area contributed by atoms with Crippen molar-refractivity contribution in [1.29, 1.82) is 0 Å². The van der Waals surface area contributed by atoms with Crippen LogP contribution in [0.3, 0.4) is 0 Å². The van der Waals surface area contributed by atoms with Gasteiger partial charge in [-0.2, -0.15) is 0 Å². The van der Waals surface area contributed by atoms with Gasteiger partial charge in [-0.05, 0) is 36.2 Å². The summed E-state index contributed by atoms with van der Waals surface area (Å²) in [6, 6.07) is 5.54. The van der Waals surface area contributed by atoms with Crippen LogP contribution in [-0.4, -0.2) is 20.2 Å². The highest BCUT2D eigenvalue weighted by molar-refractivity contribution is 5.59. The van der Waals surface area contributed by atoms with E-state index in [1.165, 1.54) is 18.5 Å². The van der Waals surface area contributed by atoms with E-state index in [4.69, 9.17) is 4.74 Å². The summed E-state index contributed by atoms with van der Waals surface area (Å²) in [6.45, 7) is 2.70. The first-order valence-electron chi connectivity index (χ1n) is 5.55. The fraction of sp³-hybridized carbons (Fsp3) is 0.500. The number of ether oxygens (including phenoxy) is 1. The summed E-state index contributed by atoms with van der Waals surface area (Å²) in [6.07, 6.45) is 2.47. The number of anilines is 1. The maximum absolute atomic E-state index is 10.5. The Labute approximate surface area is 95.2 Å². The molecule has 2 rings (SSSR count). The smallest absolute Gasteiger partial charge is 0.108 e. The van der Waals surface area contributed by atoms with Crippen LogP contribution in [0, 0.1) is 4.91 Å². The number of benzene rings is 1. The van der Waals surface area contributed by atoms with Crippen molar-refractivity contribution in [3.05, 3.63) is 28.7 Å². The molecule has 1 aliphatic rings. The molecule has 86 valence electrons. The number of rotatable bonds is 4. The van der Waals surface area contributed by atoms with Gasteiger partial charge in [0.15, 0.2) is 0 Å². The van der Waals surface area contributed by atoms with Crippen molar-refractivity contribution in [2.75, 3.05) is 25.1 Å². The summed E-state index contributed by atoms with van der Waals surface area (Å²) in [4.78, 5) is 12.8. The quantitative estimate of drug-likeness (QED) is 0.733. The van der Waals surface area contributed by atoms with E-state index in [-0.39, 0.29) is 0 Å². The molecule has 0 radical (unpaired) electrons. The van der Waals surface area contributed by atoms with E-state index in [9.17, 15) is 4.91 Å². The van der Waals surface area contributed by atoms with Crippen LogP contribution in [0.2, 0.25) is 0 Å². The monoisotopic (exact) mass is 220 g/mol. The lowest BCUT2D eigenvalue weighted by molar-refractivity contribution is 0.185. The highest BCUT2D eigenvalue weighted by atomic mass is 16.5. The van der Waals surface area contributed by atoms with Crippen molar-refractivity contribution in [2.45, 2.75) is 19.4 Å². The topological polar surface area (TPSA) is 41.9 Å². The Kier molecular flexibility index (Phi) is 3.51. The molecule has 1 heterocycles. The van der Waals surface area contributed by atoms with Crippen LogP contribution in [-0.2, 0) is 11.3 Å². The van der Waals surface area contributed by atoms with Gasteiger partial charge in [-0.15, -0.1) is 4.91 Å². The van der Waals surface area contributed by atoms with Gasteiger partial charge in [0.2, 0.25) is 0 Å². The number of methoxy groups -OCH3 is 1. The molecule has 1 aromatic carbocycles. The zero-order chi connectivity index (χ0) is 11.4. The molecule has 4 heteroatoms. The third-order valence-corrected chi connectivity index (χ3v) is 2.92. The lowest BCUT2D eigenvalue weighted by atomic mass is 10.1. The zero-order valence-corrected chi connectivity index (χ0v) is 9.48. The first-order valence-corrected chi connectivity index (χ1v) is 5.55. The standard InChI is InChI=1S/C12H16N2O2/c1-16-9-10-8-11(13-15)4-5-12(10)14-6-2-3-7-14/h4-5,8H,2-3,6-7,9H2,1H3. The van der Waals surface area contributed by atoms with E-state index in [0.29, 0.717) is 12.3 Å². The molecule has 1 aromatic rings. The Hall–Kier alpha value is -1.42. The van der Waals surface area contributed by atoms with Gasteiger partial charge < -0.3 is 9.64 Å². The molecule has 4 nitrogen and oxygen atoms in total. The lowest BCUT2D eigenvalue weighted by Gasteiger charge is -2.21. The van der Waals surface area contributed by atoms with Gasteiger partial charge in [-0.1, -0.05) is 0 Å². The Morgan fingerprint density at radius 3 is 2.75 bits per heavy atom. The third kappa shape index (κ3) is 2.22. The summed E-state index contributed by atoms with van der Waals surface area (Å²) in [5.41, 5.74) is 2.68. The molecule has 0 atom stereocenters. The summed E-state index contributed by atoms with van der Waals surface area (Å²) in [5, 5.41) is 2.96. The van der Waals surface area contributed by atoms with Crippen molar-refractivity contribution >= 4 is 11.4 Å². The van der Waals surface area contributed by atoms with Gasteiger partial charge in [0.25, 0.3) is 0 Å². The number of nitrogens with zero attached hydrogens (tertiary/aromatic N) is 2. The molecule has 16 heavy (non-hydrogen) atoms. The molecule has 0 N–H and O–H groups in total. The minimum Gasteiger partial charge on any atom is -0.380 e. The minimum absolute atomic E-state index is 0.468. The maximum Gasteiger partial charge on any atom is 0.108 e. The average Bonchev–Trinajstić information content (AvgIpc) is 2.83. The molecule has 0 aliphatic carbocycles. The zero-order valence-electron chi connectivity index (χ0n) is 9.48. The summed E-state index contributed by atoms with van der Waals surface area (Å²) < 4.78 is 5.16. The van der Waals surface area contributed by atoms with E-state index in [1.807, 2.05) is 12.1 Å². The average molecular weight is 220 g/mol. The molecule has 1 fully saturated rings. The molecule has 1 saturated heterocycles. The first kappa shape index (κ1) is 11.1. The van der Waals surface area contributed by atoms with E-state index in [2.05, 4.69) is 10.1 Å². The Bertz CT molecular complexity index is 373. The van der Waals surface area contributed by atoms with Crippen LogP contribution in [0.15, 0.2) is 23.4 Å². The molecule has 0 amide bonds. The van der Waals surface area contributed by atoms with Crippen LogP contribution in [0.1, 0.15) is 18.4 Å². The second kappa shape index (κ2) is 5.07. The third-order valence-electron chi connectivity index (χ3n) is 2.92. The van der Waals surface area contributed by atoms with Gasteiger partial charge in [-0.25, -0.2) is 0 Å². The van der Waals surface area contributed by atoms with Gasteiger partial charge in [0.05, 0.1) is 6.61 Å². The number of hydrogen-bond donors (Lipinski definition) is 0. The fourth-order valence-corrected chi connectivity index (χ4v) is 2.17. The van der Waals surface area contributed by atoms with Crippen LogP contribution in [0.5, 0.6) is 0 Å². The van der Waals surface area contributed by atoms with Crippen molar-refractivity contribution in [1.82, 2.24) is 0 Å². The summed E-state index contributed by atoms with van der Waals surface area (Å²) in [5.74, 6) is 0. The van der Waals surface area contributed by atoms with Gasteiger partial charge in [0, 0.05) is 31.5 Å². The summed E-state index contributed by atoms with van der Waals surface area (Å²) in [7, 11) is 1.66. The predicted octanol–water partition coefficient (Wildman–Crippen LogP) is 2.83. The highest BCUT2D eigenvalue weighted by Gasteiger charge is 2.16. The van der Waals surface area contributed by atoms with Crippen LogP contribution in [0.4, 0.5) is 11.4 Å². The molecule has 0 aromatic heterocycles. The Balaban J connectivity index is 2.30. The van der Waals surface area contributed by atoms with Crippen LogP contribution >= 0.6 is 0 Å². The molecular weight excluding hydrogens is 204 g/mol. The molecule has 0 unspecified atom stereocenters. The Morgan fingerprint density at radius 2 is 2.12 bits per heavy atom. The maximum atomic E-state index is 10.5. The predicted molar refractivity (Wildman–Crippen MR) is 64.1 cm³/mol. The van der Waals surface area contributed by atoms with E-state index >= 15 is 0 Å². The molecule has 0 spiro atoms. The highest BCUT2D eigenvalue weighted by Crippen LogP contribution is 2.28. The Morgan fingerprint density at radius 1 is 1.38 bits per heavy atom. The fourth-order valence-electron chi connectivity index (χ4n) is 2.17. The molecule has 0 saturated carbocycles. The van der Waals surface area contributed by atoms with E-state index in [0.717, 1.165) is 18.7 Å². The second-order valence-corrected chi connectivity index (χ2v) is 4.03. The van der Waals surface area contributed by atoms with Gasteiger partial charge >= 0.3 is 0 Å². The summed E-state index contributed by atoms with van der Waals surface area (Å²) >= 11 is 0. The van der Waals surface area contributed by atoms with E-state index in [1.54, 1.807) is 13.2 Å². The molecule has 0 bridgehead atoms. The largest absolute Gasteiger partial charge is 0.380 e. The molecule has 1 aliphatic heterocycles. The van der Waals surface area contributed by atoms with Crippen molar-refractivity contribution < 1.29 is 4.74 Å². The number of nitroso groups, excluding NO2 is 1. The van der Waals surface area contributed by atoms with Crippen LogP contribution in [0.25, 0.3) is 0 Å². The van der Waals surface area contributed by atoms with Crippen LogP contribution < -0.4 is 4.90 Å². The lowest BCUT2D eigenvalue weighted by Crippen LogP contribution is -2.19. The van der Waals surface area contributed by atoms with Crippen molar-refractivity contribution in [3.63, 3.8) is 0 Å². The van der Waals surface area contributed by atoms with Crippen molar-refractivity contribution in [3.8, 4) is 0 Å². The SMILES string of the molecule is COCc1cc(N=O)ccc1N1CCCC1. The van der Waals surface area contributed by atoms with E-state index < -0.39 is 0 Å². The van der Waals surface area contributed by atoms with Gasteiger partial charge in [-0.3, -0.25) is 0 Å². The molecular formula is C12H16N2O2. The normalized spacial score (nSPS) is 15.4. The first-order chi connectivity index (χ1) is 7.85. The van der Waals surface area contributed by atoms with Gasteiger partial charge in [0.1, 0.15) is 5.69 Å². The number of hydrogen-bond acceptors (Lipinski definition) is 4. The second-order valence-electron chi connectivity index (χ2n) is 4.03. The van der Waals surface area contributed by atoms with Crippen molar-refractivity contribution in [2.24, 2.45) is 5.18 Å². The minimum atomic E-state index is 0.468.